The summed E-state index contributed by atoms with van der Waals surface area (Å²) in [5.74, 6) is -1.29. The van der Waals surface area contributed by atoms with Gasteiger partial charge in [-0.3, -0.25) is 4.79 Å². The maximum absolute atomic E-state index is 13.3. The lowest BCUT2D eigenvalue weighted by Gasteiger charge is -2.28. The zero-order chi connectivity index (χ0) is 12.3. The van der Waals surface area contributed by atoms with Crippen LogP contribution in [-0.2, 0) is 0 Å². The minimum absolute atomic E-state index is 0.0785. The SMILES string of the molecule is O=C(NC1CCCCC1O)c1cccnc1F. The van der Waals surface area contributed by atoms with Crippen LogP contribution in [0.1, 0.15) is 36.0 Å². The number of aliphatic hydroxyl groups is 1. The zero-order valence-electron chi connectivity index (χ0n) is 9.40. The summed E-state index contributed by atoms with van der Waals surface area (Å²) in [5.41, 5.74) is -0.0785. The Labute approximate surface area is 98.9 Å². The number of amides is 1. The molecular formula is C12H15FN2O2. The highest BCUT2D eigenvalue weighted by atomic mass is 19.1. The molecule has 4 nitrogen and oxygen atoms in total. The third-order valence-electron chi connectivity index (χ3n) is 3.05. The molecule has 1 fully saturated rings. The van der Waals surface area contributed by atoms with Crippen LogP contribution in [0.3, 0.4) is 0 Å². The number of nitrogens with one attached hydrogen (secondary N) is 1. The molecule has 0 bridgehead atoms. The van der Waals surface area contributed by atoms with Crippen molar-refractivity contribution in [3.63, 3.8) is 0 Å². The van der Waals surface area contributed by atoms with Crippen LogP contribution < -0.4 is 5.32 Å². The number of halogens is 1. The first-order chi connectivity index (χ1) is 8.18. The van der Waals surface area contributed by atoms with Gasteiger partial charge in [0.15, 0.2) is 0 Å². The van der Waals surface area contributed by atoms with Crippen molar-refractivity contribution in [3.05, 3.63) is 29.8 Å². The summed E-state index contributed by atoms with van der Waals surface area (Å²) in [6, 6.07) is 2.61. The molecule has 1 aromatic heterocycles. The lowest BCUT2D eigenvalue weighted by molar-refractivity contribution is 0.0713. The third kappa shape index (κ3) is 2.79. The zero-order valence-corrected chi connectivity index (χ0v) is 9.40. The molecule has 1 saturated carbocycles. The summed E-state index contributed by atoms with van der Waals surface area (Å²) in [7, 11) is 0. The van der Waals surface area contributed by atoms with Gasteiger partial charge in [-0.1, -0.05) is 12.8 Å². The summed E-state index contributed by atoms with van der Waals surface area (Å²) < 4.78 is 13.3. The second-order valence-electron chi connectivity index (χ2n) is 4.27. The van der Waals surface area contributed by atoms with Crippen LogP contribution in [0.2, 0.25) is 0 Å². The topological polar surface area (TPSA) is 62.2 Å². The van der Waals surface area contributed by atoms with E-state index in [1.807, 2.05) is 0 Å². The molecular weight excluding hydrogens is 223 g/mol. The van der Waals surface area contributed by atoms with Crippen molar-refractivity contribution in [2.45, 2.75) is 37.8 Å². The normalized spacial score (nSPS) is 24.4. The van der Waals surface area contributed by atoms with Crippen molar-refractivity contribution in [2.24, 2.45) is 0 Å². The van der Waals surface area contributed by atoms with Gasteiger partial charge >= 0.3 is 0 Å². The summed E-state index contributed by atoms with van der Waals surface area (Å²) >= 11 is 0. The minimum Gasteiger partial charge on any atom is -0.391 e. The molecule has 1 aromatic rings. The summed E-state index contributed by atoms with van der Waals surface area (Å²) in [5, 5.41) is 12.4. The molecule has 2 unspecified atom stereocenters. The van der Waals surface area contributed by atoms with E-state index < -0.39 is 18.0 Å². The highest BCUT2D eigenvalue weighted by Crippen LogP contribution is 2.18. The van der Waals surface area contributed by atoms with E-state index in [1.165, 1.54) is 18.3 Å². The summed E-state index contributed by atoms with van der Waals surface area (Å²) in [6.45, 7) is 0. The van der Waals surface area contributed by atoms with Crippen molar-refractivity contribution in [2.75, 3.05) is 0 Å². The molecule has 2 rings (SSSR count). The van der Waals surface area contributed by atoms with Crippen molar-refractivity contribution in [1.29, 1.82) is 0 Å². The Bertz CT molecular complexity index is 411. The molecule has 17 heavy (non-hydrogen) atoms. The molecule has 1 aliphatic carbocycles. The molecule has 1 aliphatic rings. The average Bonchev–Trinajstić information content (AvgIpc) is 2.32. The van der Waals surface area contributed by atoms with Gasteiger partial charge in [0.25, 0.3) is 5.91 Å². The Morgan fingerprint density at radius 3 is 2.94 bits per heavy atom. The second kappa shape index (κ2) is 5.23. The number of aromatic nitrogens is 1. The number of aliphatic hydroxyl groups excluding tert-OH is 1. The molecule has 92 valence electrons. The highest BCUT2D eigenvalue weighted by Gasteiger charge is 2.25. The van der Waals surface area contributed by atoms with Crippen LogP contribution in [0.4, 0.5) is 4.39 Å². The standard InChI is InChI=1S/C12H15FN2O2/c13-11-8(4-3-7-14-11)12(17)15-9-5-1-2-6-10(9)16/h3-4,7,9-10,16H,1-2,5-6H2,(H,15,17). The van der Waals surface area contributed by atoms with E-state index in [4.69, 9.17) is 0 Å². The average molecular weight is 238 g/mol. The van der Waals surface area contributed by atoms with E-state index in [1.54, 1.807) is 0 Å². The first-order valence-corrected chi connectivity index (χ1v) is 5.78. The molecule has 0 aromatic carbocycles. The summed E-state index contributed by atoms with van der Waals surface area (Å²) in [6.07, 6.45) is 4.11. The van der Waals surface area contributed by atoms with Gasteiger partial charge in [0.05, 0.1) is 17.7 Å². The predicted octanol–water partition coefficient (Wildman–Crippen LogP) is 1.25. The first-order valence-electron chi connectivity index (χ1n) is 5.78. The molecule has 0 spiro atoms. The van der Waals surface area contributed by atoms with Gasteiger partial charge in [0, 0.05) is 6.20 Å². The molecule has 0 radical (unpaired) electrons. The van der Waals surface area contributed by atoms with Gasteiger partial charge in [-0.2, -0.15) is 4.39 Å². The molecule has 2 N–H and O–H groups in total. The van der Waals surface area contributed by atoms with Gasteiger partial charge in [-0.15, -0.1) is 0 Å². The molecule has 2 atom stereocenters. The van der Waals surface area contributed by atoms with Crippen molar-refractivity contribution < 1.29 is 14.3 Å². The summed E-state index contributed by atoms with van der Waals surface area (Å²) in [4.78, 5) is 15.2. The van der Waals surface area contributed by atoms with E-state index in [0.29, 0.717) is 6.42 Å². The van der Waals surface area contributed by atoms with Gasteiger partial charge in [0.2, 0.25) is 5.95 Å². The van der Waals surface area contributed by atoms with Crippen LogP contribution in [0, 0.1) is 5.95 Å². The number of hydrogen-bond donors (Lipinski definition) is 2. The highest BCUT2D eigenvalue weighted by molar-refractivity contribution is 5.94. The first kappa shape index (κ1) is 12.0. The van der Waals surface area contributed by atoms with E-state index in [0.717, 1.165) is 19.3 Å². The minimum atomic E-state index is -0.782. The number of pyridine rings is 1. The van der Waals surface area contributed by atoms with Crippen LogP contribution in [0.15, 0.2) is 18.3 Å². The van der Waals surface area contributed by atoms with Gasteiger partial charge in [0.1, 0.15) is 0 Å². The lowest BCUT2D eigenvalue weighted by atomic mass is 9.92. The smallest absolute Gasteiger partial charge is 0.256 e. The number of rotatable bonds is 2. The Hall–Kier alpha value is -1.49. The lowest BCUT2D eigenvalue weighted by Crippen LogP contribution is -2.45. The molecule has 0 aliphatic heterocycles. The molecule has 1 heterocycles. The number of hydrogen-bond acceptors (Lipinski definition) is 3. The Morgan fingerprint density at radius 1 is 1.47 bits per heavy atom. The molecule has 5 heteroatoms. The van der Waals surface area contributed by atoms with E-state index in [2.05, 4.69) is 10.3 Å². The van der Waals surface area contributed by atoms with E-state index in [9.17, 15) is 14.3 Å². The maximum atomic E-state index is 13.3. The largest absolute Gasteiger partial charge is 0.391 e. The van der Waals surface area contributed by atoms with Gasteiger partial charge < -0.3 is 10.4 Å². The Morgan fingerprint density at radius 2 is 2.24 bits per heavy atom. The van der Waals surface area contributed by atoms with Crippen molar-refractivity contribution in [3.8, 4) is 0 Å². The third-order valence-corrected chi connectivity index (χ3v) is 3.05. The molecule has 0 saturated heterocycles. The van der Waals surface area contributed by atoms with Crippen LogP contribution in [0.5, 0.6) is 0 Å². The maximum Gasteiger partial charge on any atom is 0.256 e. The Kier molecular flexibility index (Phi) is 3.68. The Balaban J connectivity index is 2.04. The molecule has 1 amide bonds. The van der Waals surface area contributed by atoms with Gasteiger partial charge in [-0.25, -0.2) is 4.98 Å². The fourth-order valence-electron chi connectivity index (χ4n) is 2.08. The van der Waals surface area contributed by atoms with E-state index >= 15 is 0 Å². The predicted molar refractivity (Wildman–Crippen MR) is 59.9 cm³/mol. The monoisotopic (exact) mass is 238 g/mol. The fraction of sp³-hybridized carbons (Fsp3) is 0.500. The van der Waals surface area contributed by atoms with Crippen molar-refractivity contribution in [1.82, 2.24) is 10.3 Å². The van der Waals surface area contributed by atoms with Crippen LogP contribution >= 0.6 is 0 Å². The van der Waals surface area contributed by atoms with E-state index in [-0.39, 0.29) is 11.6 Å². The van der Waals surface area contributed by atoms with Crippen molar-refractivity contribution >= 4 is 5.91 Å². The quantitative estimate of drug-likeness (QED) is 0.762. The van der Waals surface area contributed by atoms with Crippen LogP contribution in [-0.4, -0.2) is 28.1 Å². The van der Waals surface area contributed by atoms with Gasteiger partial charge in [-0.05, 0) is 25.0 Å². The fourth-order valence-corrected chi connectivity index (χ4v) is 2.08. The van der Waals surface area contributed by atoms with Crippen LogP contribution in [0.25, 0.3) is 0 Å². The number of carbonyl (C=O) groups excluding carboxylic acids is 1. The number of carbonyl (C=O) groups is 1. The number of nitrogens with zero attached hydrogens (tertiary/aromatic N) is 1. The second-order valence-corrected chi connectivity index (χ2v) is 4.27.